The van der Waals surface area contributed by atoms with Crippen molar-refractivity contribution < 1.29 is 8.42 Å². The Labute approximate surface area is 118 Å². The molecule has 3 nitrogen and oxygen atoms in total. The fraction of sp³-hybridized carbons (Fsp3) is 0.538. The van der Waals surface area contributed by atoms with Gasteiger partial charge < -0.3 is 0 Å². The standard InChI is InChI=1S/C13H20BrNO2S/c1-9-11(7-6-8-12(9)14)10(2)15-18(16,17)13(3,4)5/h6-8,10,15H,1-5H3. The summed E-state index contributed by atoms with van der Waals surface area (Å²) in [5.74, 6) is 0. The lowest BCUT2D eigenvalue weighted by Crippen LogP contribution is -2.40. The van der Waals surface area contributed by atoms with E-state index in [-0.39, 0.29) is 6.04 Å². The molecule has 102 valence electrons. The van der Waals surface area contributed by atoms with Crippen LogP contribution in [0.3, 0.4) is 0 Å². The van der Waals surface area contributed by atoms with E-state index in [0.717, 1.165) is 15.6 Å². The molecule has 1 unspecified atom stereocenters. The fourth-order valence-corrected chi connectivity index (χ4v) is 2.89. The third-order valence-electron chi connectivity index (χ3n) is 2.91. The maximum absolute atomic E-state index is 12.1. The van der Waals surface area contributed by atoms with Crippen LogP contribution in [0, 0.1) is 6.92 Å². The van der Waals surface area contributed by atoms with Crippen LogP contribution < -0.4 is 4.72 Å². The second-order valence-corrected chi connectivity index (χ2v) is 8.73. The minimum atomic E-state index is -3.34. The first-order chi connectivity index (χ1) is 8.06. The molecule has 1 N–H and O–H groups in total. The van der Waals surface area contributed by atoms with Crippen molar-refractivity contribution >= 4 is 26.0 Å². The Morgan fingerprint density at radius 3 is 2.33 bits per heavy atom. The average Bonchev–Trinajstić information content (AvgIpc) is 2.19. The van der Waals surface area contributed by atoms with Gasteiger partial charge in [-0.1, -0.05) is 28.1 Å². The minimum absolute atomic E-state index is 0.244. The Hall–Kier alpha value is -0.390. The first kappa shape index (κ1) is 15.7. The molecule has 0 heterocycles. The monoisotopic (exact) mass is 333 g/mol. The molecular weight excluding hydrogens is 314 g/mol. The van der Waals surface area contributed by atoms with Crippen LogP contribution in [0.5, 0.6) is 0 Å². The van der Waals surface area contributed by atoms with Crippen LogP contribution in [0.1, 0.15) is 44.9 Å². The normalized spacial score (nSPS) is 14.6. The Kier molecular flexibility index (Phi) is 4.62. The number of nitrogens with one attached hydrogen (secondary N) is 1. The number of rotatable bonds is 3. The quantitative estimate of drug-likeness (QED) is 0.919. The molecule has 1 atom stereocenters. The Bertz CT molecular complexity index is 532. The van der Waals surface area contributed by atoms with Crippen LogP contribution in [-0.4, -0.2) is 13.2 Å². The van der Waals surface area contributed by atoms with Gasteiger partial charge in [-0.3, -0.25) is 0 Å². The molecule has 0 radical (unpaired) electrons. The summed E-state index contributed by atoms with van der Waals surface area (Å²) in [6, 6.07) is 5.56. The van der Waals surface area contributed by atoms with Crippen molar-refractivity contribution in [2.45, 2.75) is 45.4 Å². The van der Waals surface area contributed by atoms with Gasteiger partial charge in [0.1, 0.15) is 0 Å². The average molecular weight is 334 g/mol. The highest BCUT2D eigenvalue weighted by molar-refractivity contribution is 9.10. The smallest absolute Gasteiger partial charge is 0.212 e. The summed E-state index contributed by atoms with van der Waals surface area (Å²) in [7, 11) is -3.34. The van der Waals surface area contributed by atoms with E-state index in [0.29, 0.717) is 0 Å². The van der Waals surface area contributed by atoms with E-state index in [1.165, 1.54) is 0 Å². The van der Waals surface area contributed by atoms with Crippen molar-refractivity contribution in [3.05, 3.63) is 33.8 Å². The van der Waals surface area contributed by atoms with Gasteiger partial charge in [0.2, 0.25) is 10.0 Å². The number of benzene rings is 1. The van der Waals surface area contributed by atoms with Gasteiger partial charge in [0, 0.05) is 10.5 Å². The highest BCUT2D eigenvalue weighted by atomic mass is 79.9. The lowest BCUT2D eigenvalue weighted by atomic mass is 10.0. The van der Waals surface area contributed by atoms with Gasteiger partial charge in [-0.25, -0.2) is 13.1 Å². The number of hydrogen-bond acceptors (Lipinski definition) is 2. The second-order valence-electron chi connectivity index (χ2n) is 5.41. The maximum Gasteiger partial charge on any atom is 0.217 e. The molecule has 18 heavy (non-hydrogen) atoms. The molecule has 0 saturated heterocycles. The maximum atomic E-state index is 12.1. The van der Waals surface area contributed by atoms with Crippen molar-refractivity contribution in [1.82, 2.24) is 4.72 Å². The van der Waals surface area contributed by atoms with Crippen molar-refractivity contribution in [2.75, 3.05) is 0 Å². The van der Waals surface area contributed by atoms with E-state index in [9.17, 15) is 8.42 Å². The summed E-state index contributed by atoms with van der Waals surface area (Å²) in [5, 5.41) is 0. The summed E-state index contributed by atoms with van der Waals surface area (Å²) in [5.41, 5.74) is 2.04. The SMILES string of the molecule is Cc1c(Br)cccc1C(C)NS(=O)(=O)C(C)(C)C. The van der Waals surface area contributed by atoms with Gasteiger partial charge in [-0.15, -0.1) is 0 Å². The molecule has 0 aliphatic carbocycles. The number of sulfonamides is 1. The van der Waals surface area contributed by atoms with Crippen LogP contribution >= 0.6 is 15.9 Å². The largest absolute Gasteiger partial charge is 0.217 e. The first-order valence-electron chi connectivity index (χ1n) is 5.83. The summed E-state index contributed by atoms with van der Waals surface area (Å²) in [6.07, 6.45) is 0. The van der Waals surface area contributed by atoms with Gasteiger partial charge >= 0.3 is 0 Å². The van der Waals surface area contributed by atoms with Crippen molar-refractivity contribution in [2.24, 2.45) is 0 Å². The predicted octanol–water partition coefficient (Wildman–Crippen LogP) is 3.54. The molecular formula is C13H20BrNO2S. The fourth-order valence-electron chi connectivity index (χ4n) is 1.57. The number of hydrogen-bond donors (Lipinski definition) is 1. The molecule has 0 amide bonds. The summed E-state index contributed by atoms with van der Waals surface area (Å²) in [4.78, 5) is 0. The van der Waals surface area contributed by atoms with Crippen LogP contribution in [0.4, 0.5) is 0 Å². The van der Waals surface area contributed by atoms with E-state index in [2.05, 4.69) is 20.7 Å². The third kappa shape index (κ3) is 3.33. The molecule has 0 aliphatic rings. The molecule has 0 aliphatic heterocycles. The molecule has 0 spiro atoms. The predicted molar refractivity (Wildman–Crippen MR) is 79.1 cm³/mol. The van der Waals surface area contributed by atoms with E-state index < -0.39 is 14.8 Å². The van der Waals surface area contributed by atoms with Gasteiger partial charge in [0.15, 0.2) is 0 Å². The van der Waals surface area contributed by atoms with Crippen LogP contribution in [0.2, 0.25) is 0 Å². The highest BCUT2D eigenvalue weighted by Gasteiger charge is 2.30. The van der Waals surface area contributed by atoms with Crippen molar-refractivity contribution in [3.63, 3.8) is 0 Å². The van der Waals surface area contributed by atoms with E-state index >= 15 is 0 Å². The van der Waals surface area contributed by atoms with Gasteiger partial charge in [-0.2, -0.15) is 0 Å². The van der Waals surface area contributed by atoms with Crippen molar-refractivity contribution in [1.29, 1.82) is 0 Å². The molecule has 5 heteroatoms. The Balaban J connectivity index is 3.04. The van der Waals surface area contributed by atoms with Crippen LogP contribution in [0.25, 0.3) is 0 Å². The first-order valence-corrected chi connectivity index (χ1v) is 8.11. The molecule has 1 aromatic rings. The van der Waals surface area contributed by atoms with Crippen LogP contribution in [-0.2, 0) is 10.0 Å². The van der Waals surface area contributed by atoms with Gasteiger partial charge in [0.05, 0.1) is 4.75 Å². The molecule has 0 saturated carbocycles. The van der Waals surface area contributed by atoms with E-state index in [1.54, 1.807) is 20.8 Å². The van der Waals surface area contributed by atoms with E-state index in [4.69, 9.17) is 0 Å². The summed E-state index contributed by atoms with van der Waals surface area (Å²) in [6.45, 7) is 8.90. The molecule has 0 aromatic heterocycles. The van der Waals surface area contributed by atoms with Gasteiger partial charge in [-0.05, 0) is 51.8 Å². The number of halogens is 1. The summed E-state index contributed by atoms with van der Waals surface area (Å²) < 4.78 is 27.1. The molecule has 1 rings (SSSR count). The lowest BCUT2D eigenvalue weighted by molar-refractivity contribution is 0.531. The van der Waals surface area contributed by atoms with Gasteiger partial charge in [0.25, 0.3) is 0 Å². The summed E-state index contributed by atoms with van der Waals surface area (Å²) >= 11 is 3.46. The highest BCUT2D eigenvalue weighted by Crippen LogP contribution is 2.26. The zero-order valence-corrected chi connectivity index (χ0v) is 13.8. The lowest BCUT2D eigenvalue weighted by Gasteiger charge is -2.24. The molecule has 0 fully saturated rings. The third-order valence-corrected chi connectivity index (χ3v) is 6.05. The van der Waals surface area contributed by atoms with Crippen LogP contribution in [0.15, 0.2) is 22.7 Å². The zero-order chi connectivity index (χ0) is 14.1. The van der Waals surface area contributed by atoms with E-state index in [1.807, 2.05) is 32.0 Å². The minimum Gasteiger partial charge on any atom is -0.212 e. The molecule has 0 bridgehead atoms. The van der Waals surface area contributed by atoms with Crippen molar-refractivity contribution in [3.8, 4) is 0 Å². The second kappa shape index (κ2) is 5.31. The Morgan fingerprint density at radius 1 is 1.28 bits per heavy atom. The zero-order valence-electron chi connectivity index (χ0n) is 11.4. The Morgan fingerprint density at radius 2 is 1.83 bits per heavy atom. The molecule has 1 aromatic carbocycles. The topological polar surface area (TPSA) is 46.2 Å².